The lowest BCUT2D eigenvalue weighted by Crippen LogP contribution is -2.52. The highest BCUT2D eigenvalue weighted by Crippen LogP contribution is 2.46. The van der Waals surface area contributed by atoms with Crippen LogP contribution in [0.3, 0.4) is 0 Å². The highest BCUT2D eigenvalue weighted by molar-refractivity contribution is 8.93. The molecule has 1 N–H and O–H groups in total. The van der Waals surface area contributed by atoms with Crippen molar-refractivity contribution in [1.29, 1.82) is 0 Å². The molecule has 1 aliphatic heterocycles. The molecule has 2 fully saturated rings. The van der Waals surface area contributed by atoms with Gasteiger partial charge in [-0.15, -0.1) is 17.0 Å². The van der Waals surface area contributed by atoms with Gasteiger partial charge in [0.25, 0.3) is 0 Å². The van der Waals surface area contributed by atoms with Gasteiger partial charge in [-0.25, -0.2) is 0 Å². The van der Waals surface area contributed by atoms with Crippen molar-refractivity contribution in [3.05, 3.63) is 35.5 Å². The normalized spacial score (nSPS) is 29.5. The molecule has 2 heterocycles. The molecule has 1 saturated heterocycles. The minimum Gasteiger partial charge on any atom is -0.459 e. The SMILES string of the molecule is Br.CCCN1C[C@H](C(=O)OC2CCCCC2O)CC2c3cccc4c3c(cn4C(C)C)C[C@H]21. The molecular weight excluding hydrogens is 480 g/mol. The van der Waals surface area contributed by atoms with Crippen LogP contribution in [-0.4, -0.2) is 51.9 Å². The number of halogens is 1. The van der Waals surface area contributed by atoms with Gasteiger partial charge in [-0.3, -0.25) is 9.69 Å². The zero-order chi connectivity index (χ0) is 22.4. The molecule has 1 saturated carbocycles. The minimum atomic E-state index is -0.502. The number of esters is 1. The summed E-state index contributed by atoms with van der Waals surface area (Å²) in [6.07, 6.45) is 8.11. The number of likely N-dealkylation sites (tertiary alicyclic amines) is 1. The van der Waals surface area contributed by atoms with Crippen LogP contribution in [0.25, 0.3) is 10.9 Å². The molecule has 2 aromatic rings. The number of rotatable bonds is 5. The largest absolute Gasteiger partial charge is 0.459 e. The molecule has 0 radical (unpaired) electrons. The van der Waals surface area contributed by atoms with Crippen LogP contribution >= 0.6 is 17.0 Å². The smallest absolute Gasteiger partial charge is 0.310 e. The van der Waals surface area contributed by atoms with Crippen LogP contribution in [0.1, 0.15) is 82.4 Å². The summed E-state index contributed by atoms with van der Waals surface area (Å²) in [6.45, 7) is 8.49. The number of hydrogen-bond donors (Lipinski definition) is 1. The highest BCUT2D eigenvalue weighted by atomic mass is 79.9. The van der Waals surface area contributed by atoms with E-state index in [1.165, 1.54) is 22.0 Å². The maximum atomic E-state index is 13.3. The van der Waals surface area contributed by atoms with Gasteiger partial charge in [-0.2, -0.15) is 0 Å². The lowest BCUT2D eigenvalue weighted by Gasteiger charge is -2.46. The van der Waals surface area contributed by atoms with Crippen LogP contribution in [0.5, 0.6) is 0 Å². The first kappa shape index (κ1) is 24.7. The molecule has 1 aromatic heterocycles. The second-order valence-electron chi connectivity index (χ2n) is 10.5. The number of piperidine rings is 1. The van der Waals surface area contributed by atoms with E-state index in [0.717, 1.165) is 58.0 Å². The predicted molar refractivity (Wildman–Crippen MR) is 137 cm³/mol. The molecule has 0 amide bonds. The van der Waals surface area contributed by atoms with Gasteiger partial charge in [-0.1, -0.05) is 25.5 Å². The summed E-state index contributed by atoms with van der Waals surface area (Å²) in [7, 11) is 0. The van der Waals surface area contributed by atoms with Crippen LogP contribution < -0.4 is 0 Å². The first-order valence-corrected chi connectivity index (χ1v) is 12.7. The fraction of sp³-hybridized carbons (Fsp3) is 0.667. The average Bonchev–Trinajstić information content (AvgIpc) is 3.16. The third-order valence-electron chi connectivity index (χ3n) is 8.06. The number of aromatic nitrogens is 1. The Hall–Kier alpha value is -1.37. The first-order chi connectivity index (χ1) is 15.5. The van der Waals surface area contributed by atoms with Crippen molar-refractivity contribution in [3.8, 4) is 0 Å². The van der Waals surface area contributed by atoms with Crippen LogP contribution in [0.4, 0.5) is 0 Å². The Labute approximate surface area is 208 Å². The summed E-state index contributed by atoms with van der Waals surface area (Å²) in [5.41, 5.74) is 4.19. The van der Waals surface area contributed by atoms with E-state index in [9.17, 15) is 9.90 Å². The second kappa shape index (κ2) is 10.1. The third-order valence-corrected chi connectivity index (χ3v) is 8.06. The number of benzene rings is 1. The molecule has 5 atom stereocenters. The standard InChI is InChI=1S/C27H38N2O3.BrH/c1-4-12-28-15-19(27(31)32-25-11-6-5-10-24(25)30)13-21-20-8-7-9-22-26(20)18(14-23(21)28)16-29(22)17(2)3;/h7-9,16-17,19,21,23-25,30H,4-6,10-15H2,1-3H3;1H/t19-,21?,23-,24?,25?;/m1./s1. The topological polar surface area (TPSA) is 54.7 Å². The molecule has 3 unspecified atom stereocenters. The number of nitrogens with zero attached hydrogens (tertiary/aromatic N) is 2. The lowest BCUT2D eigenvalue weighted by atomic mass is 9.72. The molecule has 0 spiro atoms. The molecule has 33 heavy (non-hydrogen) atoms. The van der Waals surface area contributed by atoms with Gasteiger partial charge in [0.05, 0.1) is 12.0 Å². The maximum absolute atomic E-state index is 13.3. The van der Waals surface area contributed by atoms with E-state index in [1.54, 1.807) is 0 Å². The summed E-state index contributed by atoms with van der Waals surface area (Å²) in [5.74, 6) is 0.123. The number of carbonyl (C=O) groups excluding carboxylic acids is 1. The van der Waals surface area contributed by atoms with E-state index >= 15 is 0 Å². The van der Waals surface area contributed by atoms with Crippen LogP contribution in [0, 0.1) is 5.92 Å². The van der Waals surface area contributed by atoms with E-state index in [1.807, 2.05) is 0 Å². The average molecular weight is 520 g/mol. The van der Waals surface area contributed by atoms with Crippen LogP contribution in [0.2, 0.25) is 0 Å². The molecule has 1 aromatic carbocycles. The van der Waals surface area contributed by atoms with Gasteiger partial charge in [0.1, 0.15) is 6.10 Å². The molecule has 182 valence electrons. The minimum absolute atomic E-state index is 0. The fourth-order valence-corrected chi connectivity index (χ4v) is 6.53. The highest BCUT2D eigenvalue weighted by Gasteiger charge is 2.44. The molecule has 6 heteroatoms. The van der Waals surface area contributed by atoms with Crippen molar-refractivity contribution >= 4 is 33.9 Å². The Kier molecular flexibility index (Phi) is 7.56. The Morgan fingerprint density at radius 3 is 2.76 bits per heavy atom. The number of ether oxygens (including phenoxy) is 1. The maximum Gasteiger partial charge on any atom is 0.310 e. The van der Waals surface area contributed by atoms with Crippen molar-refractivity contribution in [2.45, 2.75) is 95.9 Å². The summed E-state index contributed by atoms with van der Waals surface area (Å²) >= 11 is 0. The molecule has 0 bridgehead atoms. The van der Waals surface area contributed by atoms with E-state index < -0.39 is 6.10 Å². The molecular formula is C27H39BrN2O3. The van der Waals surface area contributed by atoms with Crippen LogP contribution in [-0.2, 0) is 16.0 Å². The van der Waals surface area contributed by atoms with Crippen LogP contribution in [0.15, 0.2) is 24.4 Å². The van der Waals surface area contributed by atoms with Gasteiger partial charge >= 0.3 is 5.97 Å². The second-order valence-corrected chi connectivity index (χ2v) is 10.5. The summed E-state index contributed by atoms with van der Waals surface area (Å²) in [5, 5.41) is 11.7. The Morgan fingerprint density at radius 2 is 2.03 bits per heavy atom. The van der Waals surface area contributed by atoms with Crippen molar-refractivity contribution in [2.24, 2.45) is 5.92 Å². The number of aliphatic hydroxyl groups is 1. The van der Waals surface area contributed by atoms with E-state index in [-0.39, 0.29) is 35.0 Å². The van der Waals surface area contributed by atoms with E-state index in [4.69, 9.17) is 4.74 Å². The van der Waals surface area contributed by atoms with Crippen molar-refractivity contribution < 1.29 is 14.6 Å². The Balaban J connectivity index is 0.00000259. The van der Waals surface area contributed by atoms with Gasteiger partial charge in [-0.05, 0) is 76.1 Å². The summed E-state index contributed by atoms with van der Waals surface area (Å²) < 4.78 is 8.32. The zero-order valence-corrected chi connectivity index (χ0v) is 21.9. The third kappa shape index (κ3) is 4.51. The number of carbonyl (C=O) groups is 1. The van der Waals surface area contributed by atoms with Crippen molar-refractivity contribution in [2.75, 3.05) is 13.1 Å². The van der Waals surface area contributed by atoms with Crippen molar-refractivity contribution in [3.63, 3.8) is 0 Å². The summed E-state index contributed by atoms with van der Waals surface area (Å²) in [6, 6.07) is 7.59. The first-order valence-electron chi connectivity index (χ1n) is 12.7. The van der Waals surface area contributed by atoms with Gasteiger partial charge < -0.3 is 14.4 Å². The molecule has 5 nitrogen and oxygen atoms in total. The van der Waals surface area contributed by atoms with Gasteiger partial charge in [0.15, 0.2) is 0 Å². The quantitative estimate of drug-likeness (QED) is 0.539. The lowest BCUT2D eigenvalue weighted by molar-refractivity contribution is -0.165. The van der Waals surface area contributed by atoms with E-state index in [0.29, 0.717) is 18.0 Å². The van der Waals surface area contributed by atoms with Gasteiger partial charge in [0, 0.05) is 41.6 Å². The monoisotopic (exact) mass is 518 g/mol. The zero-order valence-electron chi connectivity index (χ0n) is 20.2. The van der Waals surface area contributed by atoms with Gasteiger partial charge in [0.2, 0.25) is 0 Å². The molecule has 3 aliphatic rings. The summed E-state index contributed by atoms with van der Waals surface area (Å²) in [4.78, 5) is 15.8. The number of hydrogen-bond acceptors (Lipinski definition) is 4. The van der Waals surface area contributed by atoms with E-state index in [2.05, 4.69) is 54.6 Å². The fourth-order valence-electron chi connectivity index (χ4n) is 6.53. The number of fused-ring (bicyclic) bond motifs is 2. The predicted octanol–water partition coefficient (Wildman–Crippen LogP) is 5.39. The Morgan fingerprint density at radius 1 is 1.24 bits per heavy atom. The Bertz CT molecular complexity index is 987. The molecule has 5 rings (SSSR count). The number of aliphatic hydroxyl groups excluding tert-OH is 1. The molecule has 2 aliphatic carbocycles. The van der Waals surface area contributed by atoms with Crippen molar-refractivity contribution in [1.82, 2.24) is 9.47 Å².